The van der Waals surface area contributed by atoms with Crippen LogP contribution in [0.3, 0.4) is 0 Å². The van der Waals surface area contributed by atoms with Gasteiger partial charge in [-0.05, 0) is 51.3 Å². The maximum absolute atomic E-state index is 14.4. The fraction of sp³-hybridized carbons (Fsp3) is 0.556. The number of hydrogen-bond acceptors (Lipinski definition) is 5. The molecule has 202 valence electrons. The molecule has 3 fully saturated rings. The van der Waals surface area contributed by atoms with Gasteiger partial charge in [-0.25, -0.2) is 8.78 Å². The molecule has 4 aliphatic rings. The highest BCUT2D eigenvalue weighted by atomic mass is 19.3. The predicted octanol–water partition coefficient (Wildman–Crippen LogP) is 2.20. The average molecular weight is 527 g/mol. The van der Waals surface area contributed by atoms with Crippen molar-refractivity contribution in [2.75, 3.05) is 37.6 Å². The van der Waals surface area contributed by atoms with Crippen LogP contribution in [0.4, 0.5) is 14.5 Å². The van der Waals surface area contributed by atoms with Crippen molar-refractivity contribution >= 4 is 23.4 Å². The molecule has 38 heavy (non-hydrogen) atoms. The zero-order chi connectivity index (χ0) is 26.6. The SMILES string of the molecule is Cc1cc(C(F)F)nn1CC(=O)N1CCCNC(=O)[C@H]2C[C@@H]3CCCN3[C@@]23C(=O)N(CC1)c1ccccc13. The average Bonchev–Trinajstić information content (AvgIpc) is 3.63. The zero-order valence-corrected chi connectivity index (χ0v) is 21.4. The Bertz CT molecular complexity index is 1280. The van der Waals surface area contributed by atoms with Gasteiger partial charge in [-0.3, -0.25) is 24.0 Å². The van der Waals surface area contributed by atoms with Crippen molar-refractivity contribution < 1.29 is 23.2 Å². The third-order valence-electron chi connectivity index (χ3n) is 8.69. The molecule has 3 saturated heterocycles. The standard InChI is InChI=1S/C27H32F2N6O3/c1-17-14-21(24(28)29)31-35(17)16-23(36)32-10-5-9-30-25(37)20-15-18-6-4-11-34(18)27(20)19-7-2-3-8-22(19)33(13-12-32)26(27)38/h2-3,7-8,14,18,20,24H,4-6,9-13,15-16H2,1H3,(H,30,37)/t18-,20+,27+/m0/s1. The van der Waals surface area contributed by atoms with Crippen molar-refractivity contribution in [3.8, 4) is 0 Å². The number of hydrogen-bond donors (Lipinski definition) is 1. The molecule has 4 aliphatic heterocycles. The largest absolute Gasteiger partial charge is 0.356 e. The Kier molecular flexibility index (Phi) is 6.20. The molecule has 3 amide bonds. The van der Waals surface area contributed by atoms with Crippen molar-refractivity contribution in [3.05, 3.63) is 47.3 Å². The fourth-order valence-corrected chi connectivity index (χ4v) is 7.00. The molecule has 6 rings (SSSR count). The summed E-state index contributed by atoms with van der Waals surface area (Å²) in [7, 11) is 0. The number of nitrogens with zero attached hydrogens (tertiary/aromatic N) is 5. The summed E-state index contributed by atoms with van der Waals surface area (Å²) < 4.78 is 27.5. The minimum atomic E-state index is -2.71. The number of aryl methyl sites for hydroxylation is 1. The van der Waals surface area contributed by atoms with Gasteiger partial charge in [-0.1, -0.05) is 18.2 Å². The second-order valence-electron chi connectivity index (χ2n) is 10.7. The van der Waals surface area contributed by atoms with Crippen molar-refractivity contribution in [1.29, 1.82) is 0 Å². The molecule has 1 aromatic heterocycles. The van der Waals surface area contributed by atoms with Crippen molar-refractivity contribution in [2.24, 2.45) is 5.92 Å². The number of benzene rings is 1. The van der Waals surface area contributed by atoms with Crippen LogP contribution < -0.4 is 10.2 Å². The number of anilines is 1. The maximum Gasteiger partial charge on any atom is 0.282 e. The van der Waals surface area contributed by atoms with Gasteiger partial charge in [0.2, 0.25) is 11.8 Å². The highest BCUT2D eigenvalue weighted by Crippen LogP contribution is 2.57. The van der Waals surface area contributed by atoms with Crippen molar-refractivity contribution in [1.82, 2.24) is 24.9 Å². The summed E-state index contributed by atoms with van der Waals surface area (Å²) in [6.07, 6.45) is 0.473. The first kappa shape index (κ1) is 25.0. The summed E-state index contributed by atoms with van der Waals surface area (Å²) in [5, 5.41) is 6.94. The third kappa shape index (κ3) is 3.73. The van der Waals surface area contributed by atoms with Crippen LogP contribution in [0.25, 0.3) is 0 Å². The van der Waals surface area contributed by atoms with Crippen LogP contribution in [0.15, 0.2) is 30.3 Å². The predicted molar refractivity (Wildman–Crippen MR) is 134 cm³/mol. The molecule has 11 heteroatoms. The van der Waals surface area contributed by atoms with Crippen molar-refractivity contribution in [3.63, 3.8) is 0 Å². The maximum atomic E-state index is 14.4. The number of aromatic nitrogens is 2. The van der Waals surface area contributed by atoms with E-state index in [9.17, 15) is 23.2 Å². The molecular weight excluding hydrogens is 494 g/mol. The summed E-state index contributed by atoms with van der Waals surface area (Å²) in [5.74, 6) is -0.945. The third-order valence-corrected chi connectivity index (χ3v) is 8.69. The van der Waals surface area contributed by atoms with Gasteiger partial charge in [-0.2, -0.15) is 5.10 Å². The molecule has 9 nitrogen and oxygen atoms in total. The van der Waals surface area contributed by atoms with E-state index in [1.165, 1.54) is 10.7 Å². The van der Waals surface area contributed by atoms with Gasteiger partial charge in [0.1, 0.15) is 17.8 Å². The molecule has 2 bridgehead atoms. The number of amides is 3. The quantitative estimate of drug-likeness (QED) is 0.663. The molecule has 0 aliphatic carbocycles. The van der Waals surface area contributed by atoms with Gasteiger partial charge in [0.05, 0.1) is 5.92 Å². The van der Waals surface area contributed by atoms with Crippen LogP contribution in [0.5, 0.6) is 0 Å². The molecule has 2 aromatic rings. The Hall–Kier alpha value is -3.34. The van der Waals surface area contributed by atoms with Crippen LogP contribution in [0.1, 0.15) is 49.1 Å². The lowest BCUT2D eigenvalue weighted by Gasteiger charge is -2.38. The van der Waals surface area contributed by atoms with Gasteiger partial charge < -0.3 is 15.1 Å². The highest BCUT2D eigenvalue weighted by Gasteiger charge is 2.67. The van der Waals surface area contributed by atoms with E-state index in [1.807, 2.05) is 24.3 Å². The lowest BCUT2D eigenvalue weighted by atomic mass is 9.78. The Balaban J connectivity index is 1.31. The number of alkyl halides is 2. The molecule has 5 heterocycles. The molecule has 3 atom stereocenters. The summed E-state index contributed by atoms with van der Waals surface area (Å²) in [4.78, 5) is 46.9. The molecule has 0 saturated carbocycles. The number of carbonyl (C=O) groups is 3. The molecule has 0 unspecified atom stereocenters. The number of fused-ring (bicyclic) bond motifs is 4. The zero-order valence-electron chi connectivity index (χ0n) is 21.4. The van der Waals surface area contributed by atoms with Crippen LogP contribution in [0, 0.1) is 12.8 Å². The van der Waals surface area contributed by atoms with Gasteiger partial charge >= 0.3 is 0 Å². The summed E-state index contributed by atoms with van der Waals surface area (Å²) in [6, 6.07) is 9.19. The number of para-hydroxylation sites is 1. The van der Waals surface area contributed by atoms with Gasteiger partial charge in [-0.15, -0.1) is 0 Å². The van der Waals surface area contributed by atoms with E-state index in [0.29, 0.717) is 38.2 Å². The lowest BCUT2D eigenvalue weighted by Crippen LogP contribution is -2.57. The Labute approximate surface area is 219 Å². The normalized spacial score (nSPS) is 27.6. The Morgan fingerprint density at radius 2 is 1.97 bits per heavy atom. The summed E-state index contributed by atoms with van der Waals surface area (Å²) in [6.45, 7) is 3.58. The van der Waals surface area contributed by atoms with Crippen LogP contribution in [-0.4, -0.2) is 76.1 Å². The molecule has 1 spiro atoms. The molecule has 0 radical (unpaired) electrons. The van der Waals surface area contributed by atoms with Crippen molar-refractivity contribution in [2.45, 2.75) is 57.2 Å². The number of rotatable bonds is 3. The summed E-state index contributed by atoms with van der Waals surface area (Å²) in [5.41, 5.74) is 0.765. The monoisotopic (exact) mass is 526 g/mol. The summed E-state index contributed by atoms with van der Waals surface area (Å²) >= 11 is 0. The van der Waals surface area contributed by atoms with Crippen LogP contribution in [-0.2, 0) is 26.5 Å². The molecular formula is C27H32F2N6O3. The first-order chi connectivity index (χ1) is 18.3. The van der Waals surface area contributed by atoms with E-state index in [0.717, 1.165) is 30.6 Å². The minimum Gasteiger partial charge on any atom is -0.356 e. The van der Waals surface area contributed by atoms with Gasteiger partial charge in [0.15, 0.2) is 0 Å². The first-order valence-electron chi connectivity index (χ1n) is 13.4. The molecule has 1 aromatic carbocycles. The van der Waals surface area contributed by atoms with Gasteiger partial charge in [0, 0.05) is 49.2 Å². The van der Waals surface area contributed by atoms with E-state index >= 15 is 0 Å². The smallest absolute Gasteiger partial charge is 0.282 e. The van der Waals surface area contributed by atoms with E-state index in [4.69, 9.17) is 0 Å². The molecule has 1 N–H and O–H groups in total. The van der Waals surface area contributed by atoms with Crippen LogP contribution >= 0.6 is 0 Å². The number of halogens is 2. The van der Waals surface area contributed by atoms with Crippen LogP contribution in [0.2, 0.25) is 0 Å². The minimum absolute atomic E-state index is 0.0966. The fourth-order valence-electron chi connectivity index (χ4n) is 7.00. The Morgan fingerprint density at radius 3 is 2.76 bits per heavy atom. The topological polar surface area (TPSA) is 90.8 Å². The first-order valence-corrected chi connectivity index (χ1v) is 13.4. The highest BCUT2D eigenvalue weighted by molar-refractivity contribution is 6.11. The Morgan fingerprint density at radius 1 is 1.16 bits per heavy atom. The second kappa shape index (κ2) is 9.44. The number of carbonyl (C=O) groups excluding carboxylic acids is 3. The van der Waals surface area contributed by atoms with E-state index in [-0.39, 0.29) is 42.5 Å². The van der Waals surface area contributed by atoms with E-state index < -0.39 is 17.9 Å². The van der Waals surface area contributed by atoms with E-state index in [1.54, 1.807) is 16.7 Å². The number of nitrogens with one attached hydrogen (secondary N) is 1. The van der Waals surface area contributed by atoms with Gasteiger partial charge in [0.25, 0.3) is 12.3 Å². The second-order valence-corrected chi connectivity index (χ2v) is 10.7. The van der Waals surface area contributed by atoms with E-state index in [2.05, 4.69) is 15.3 Å². The lowest BCUT2D eigenvalue weighted by molar-refractivity contribution is -0.139.